The summed E-state index contributed by atoms with van der Waals surface area (Å²) in [7, 11) is 0. The van der Waals surface area contributed by atoms with Gasteiger partial charge in [0, 0.05) is 54.3 Å². The van der Waals surface area contributed by atoms with Crippen molar-refractivity contribution in [2.24, 2.45) is 0 Å². The standard InChI is InChI=1S/C58H68O4S/c1-31-23-39(49(59)43(27-31)55(5,6)7)47(40-24-32(2)28-44(50(40)60)56(8,9)10)37-21-17-19-35-36-20-18-22-38(54(36)63-53(35)37)48(41-25-33(3)29-45(51(41)61)57(11,12)13)42-26-34(4)30-46(52(42)62)58(14,15)16/h17-30,47-48,59-62H,1-16H3. The molecule has 0 aliphatic carbocycles. The molecule has 7 aromatic rings. The van der Waals surface area contributed by atoms with E-state index in [0.29, 0.717) is 0 Å². The molecular weight excluding hydrogens is 793 g/mol. The Kier molecular flexibility index (Phi) is 11.5. The van der Waals surface area contributed by atoms with E-state index in [4.69, 9.17) is 0 Å². The van der Waals surface area contributed by atoms with Crippen molar-refractivity contribution in [3.8, 4) is 23.0 Å². The Hall–Kier alpha value is -5.26. The van der Waals surface area contributed by atoms with E-state index in [1.165, 1.54) is 0 Å². The van der Waals surface area contributed by atoms with Crippen LogP contribution in [0, 0.1) is 27.7 Å². The lowest BCUT2D eigenvalue weighted by atomic mass is 9.75. The minimum atomic E-state index is -0.520. The second-order valence-electron chi connectivity index (χ2n) is 22.4. The lowest BCUT2D eigenvalue weighted by Crippen LogP contribution is -2.16. The Morgan fingerprint density at radius 2 is 0.587 bits per heavy atom. The van der Waals surface area contributed by atoms with Crippen molar-refractivity contribution in [1.82, 2.24) is 0 Å². The number of phenols is 4. The normalized spacial score (nSPS) is 13.0. The lowest BCUT2D eigenvalue weighted by Gasteiger charge is -2.29. The summed E-state index contributed by atoms with van der Waals surface area (Å²) in [4.78, 5) is 0. The zero-order chi connectivity index (χ0) is 46.5. The van der Waals surface area contributed by atoms with Gasteiger partial charge in [-0.15, -0.1) is 11.3 Å². The van der Waals surface area contributed by atoms with E-state index in [2.05, 4.69) is 196 Å². The highest BCUT2D eigenvalue weighted by Crippen LogP contribution is 2.54. The number of thiophene rings is 1. The quantitative estimate of drug-likeness (QED) is 0.126. The molecule has 0 aliphatic heterocycles. The van der Waals surface area contributed by atoms with Gasteiger partial charge in [0.25, 0.3) is 0 Å². The summed E-state index contributed by atoms with van der Waals surface area (Å²) >= 11 is 1.70. The highest BCUT2D eigenvalue weighted by molar-refractivity contribution is 7.26. The fraction of sp³-hybridized carbons (Fsp3) is 0.379. The Balaban J connectivity index is 1.63. The molecule has 4 nitrogen and oxygen atoms in total. The van der Waals surface area contributed by atoms with Gasteiger partial charge in [0.05, 0.1) is 0 Å². The summed E-state index contributed by atoms with van der Waals surface area (Å²) in [6, 6.07) is 29.5. The topological polar surface area (TPSA) is 80.9 Å². The summed E-state index contributed by atoms with van der Waals surface area (Å²) in [5.74, 6) is -0.0796. The number of fused-ring (bicyclic) bond motifs is 3. The fourth-order valence-electron chi connectivity index (χ4n) is 9.72. The number of rotatable bonds is 6. The number of phenolic OH excluding ortho intramolecular Hbond substituents is 4. The van der Waals surface area contributed by atoms with Crippen LogP contribution in [-0.2, 0) is 21.7 Å². The van der Waals surface area contributed by atoms with Crippen LogP contribution in [0.1, 0.15) is 173 Å². The molecule has 0 unspecified atom stereocenters. The monoisotopic (exact) mass is 860 g/mol. The maximum absolute atomic E-state index is 12.4. The van der Waals surface area contributed by atoms with Gasteiger partial charge in [-0.3, -0.25) is 0 Å². The Morgan fingerprint density at radius 1 is 0.349 bits per heavy atom. The average molecular weight is 861 g/mol. The van der Waals surface area contributed by atoms with Crippen LogP contribution in [-0.4, -0.2) is 20.4 Å². The van der Waals surface area contributed by atoms with E-state index < -0.39 is 11.8 Å². The molecule has 5 heteroatoms. The smallest absolute Gasteiger partial charge is 0.123 e. The maximum atomic E-state index is 12.4. The molecule has 0 amide bonds. The van der Waals surface area contributed by atoms with Gasteiger partial charge in [-0.05, 0) is 82.7 Å². The van der Waals surface area contributed by atoms with E-state index in [9.17, 15) is 20.4 Å². The van der Waals surface area contributed by atoms with Gasteiger partial charge >= 0.3 is 0 Å². The number of hydrogen-bond donors (Lipinski definition) is 4. The van der Waals surface area contributed by atoms with Crippen molar-refractivity contribution in [1.29, 1.82) is 0 Å². The van der Waals surface area contributed by atoms with Gasteiger partial charge < -0.3 is 20.4 Å². The number of aryl methyl sites for hydroxylation is 4. The molecule has 7 rings (SSSR count). The average Bonchev–Trinajstić information content (AvgIpc) is 3.55. The van der Waals surface area contributed by atoms with Crippen LogP contribution >= 0.6 is 11.3 Å². The molecule has 63 heavy (non-hydrogen) atoms. The molecule has 1 heterocycles. The number of benzene rings is 6. The molecule has 0 bridgehead atoms. The molecular formula is C58H68O4S. The first-order chi connectivity index (χ1) is 29.1. The van der Waals surface area contributed by atoms with Gasteiger partial charge in [0.15, 0.2) is 0 Å². The minimum Gasteiger partial charge on any atom is -0.507 e. The number of hydrogen-bond acceptors (Lipinski definition) is 5. The second-order valence-corrected chi connectivity index (χ2v) is 23.4. The van der Waals surface area contributed by atoms with Crippen LogP contribution < -0.4 is 0 Å². The number of aromatic hydroxyl groups is 4. The summed E-state index contributed by atoms with van der Waals surface area (Å²) in [5, 5.41) is 51.9. The van der Waals surface area contributed by atoms with Crippen LogP contribution in [0.4, 0.5) is 0 Å². The Bertz CT molecular complexity index is 2580. The molecule has 0 saturated heterocycles. The predicted molar refractivity (Wildman–Crippen MR) is 267 cm³/mol. The zero-order valence-corrected chi connectivity index (χ0v) is 41.3. The molecule has 0 aliphatic rings. The Morgan fingerprint density at radius 3 is 0.810 bits per heavy atom. The van der Waals surface area contributed by atoms with E-state index in [1.807, 2.05) is 0 Å². The van der Waals surface area contributed by atoms with Gasteiger partial charge in [0.2, 0.25) is 0 Å². The van der Waals surface area contributed by atoms with Gasteiger partial charge in [-0.2, -0.15) is 0 Å². The van der Waals surface area contributed by atoms with E-state index in [1.54, 1.807) is 11.3 Å². The first kappa shape index (κ1) is 45.8. The molecule has 0 fully saturated rings. The van der Waals surface area contributed by atoms with Crippen molar-refractivity contribution in [2.45, 2.75) is 144 Å². The van der Waals surface area contributed by atoms with Crippen LogP contribution in [0.5, 0.6) is 23.0 Å². The molecule has 1 aromatic heterocycles. The van der Waals surface area contributed by atoms with Crippen molar-refractivity contribution in [3.63, 3.8) is 0 Å². The molecule has 0 radical (unpaired) electrons. The van der Waals surface area contributed by atoms with Crippen molar-refractivity contribution >= 4 is 31.5 Å². The summed E-state index contributed by atoms with van der Waals surface area (Å²) in [5.41, 5.74) is 11.2. The van der Waals surface area contributed by atoms with Gasteiger partial charge in [-0.25, -0.2) is 0 Å². The van der Waals surface area contributed by atoms with Crippen LogP contribution in [0.2, 0.25) is 0 Å². The first-order valence-corrected chi connectivity index (χ1v) is 23.2. The van der Waals surface area contributed by atoms with Crippen molar-refractivity contribution in [3.05, 3.63) is 163 Å². The molecule has 0 saturated carbocycles. The second kappa shape index (κ2) is 15.8. The van der Waals surface area contributed by atoms with Crippen molar-refractivity contribution < 1.29 is 20.4 Å². The highest BCUT2D eigenvalue weighted by Gasteiger charge is 2.35. The van der Waals surface area contributed by atoms with E-state index >= 15 is 0 Å². The van der Waals surface area contributed by atoms with E-state index in [-0.39, 0.29) is 44.7 Å². The lowest BCUT2D eigenvalue weighted by molar-refractivity contribution is 0.430. The zero-order valence-electron chi connectivity index (χ0n) is 40.4. The molecule has 4 N–H and O–H groups in total. The summed E-state index contributed by atoms with van der Waals surface area (Å²) in [6.45, 7) is 33.8. The van der Waals surface area contributed by atoms with Crippen LogP contribution in [0.15, 0.2) is 84.9 Å². The van der Waals surface area contributed by atoms with Gasteiger partial charge in [0.1, 0.15) is 23.0 Å². The fourth-order valence-corrected chi connectivity index (χ4v) is 11.1. The van der Waals surface area contributed by atoms with Crippen molar-refractivity contribution in [2.75, 3.05) is 0 Å². The van der Waals surface area contributed by atoms with Gasteiger partial charge in [-0.1, -0.05) is 190 Å². The van der Waals surface area contributed by atoms with E-state index in [0.717, 1.165) is 98.1 Å². The summed E-state index contributed by atoms with van der Waals surface area (Å²) < 4.78 is 2.10. The third-order valence-electron chi connectivity index (χ3n) is 12.8. The minimum absolute atomic E-state index is 0.240. The Labute approximate surface area is 380 Å². The van der Waals surface area contributed by atoms with Crippen LogP contribution in [0.3, 0.4) is 0 Å². The molecule has 6 aromatic carbocycles. The third kappa shape index (κ3) is 8.34. The maximum Gasteiger partial charge on any atom is 0.123 e. The first-order valence-electron chi connectivity index (χ1n) is 22.4. The largest absolute Gasteiger partial charge is 0.507 e. The predicted octanol–water partition coefficient (Wildman–Crippen LogP) is 15.7. The third-order valence-corrected chi connectivity index (χ3v) is 14.1. The SMILES string of the molecule is Cc1cc(C(c2cc(C)cc(C(C)(C)C)c2O)c2cccc3c2sc2c(C(c4cc(C)cc(C(C)(C)C)c4O)c4cc(C)cc(C(C)(C)C)c4O)cccc23)c(O)c(C(C)(C)C)c1. The highest BCUT2D eigenvalue weighted by atomic mass is 32.1. The molecule has 0 atom stereocenters. The molecule has 330 valence electrons. The van der Waals surface area contributed by atoms with Crippen LogP contribution in [0.25, 0.3) is 20.2 Å². The molecule has 0 spiro atoms. The summed E-state index contributed by atoms with van der Waals surface area (Å²) in [6.07, 6.45) is 0.